The summed E-state index contributed by atoms with van der Waals surface area (Å²) in [6.07, 6.45) is -4.66. The Bertz CT molecular complexity index is 666. The third-order valence-electron chi connectivity index (χ3n) is 2.24. The van der Waals surface area contributed by atoms with Crippen LogP contribution in [-0.4, -0.2) is 9.97 Å². The van der Waals surface area contributed by atoms with E-state index >= 15 is 0 Å². The number of benzene rings is 1. The topological polar surface area (TPSA) is 73.1 Å². The SMILES string of the molecule is NNc1nc(Oc2ccc(Cl)c(Cl)c2)cc(C(F)(F)F)n1. The number of aromatic nitrogens is 2. The molecular weight excluding hydrogens is 332 g/mol. The summed E-state index contributed by atoms with van der Waals surface area (Å²) in [5.41, 5.74) is 0.743. The van der Waals surface area contributed by atoms with E-state index in [9.17, 15) is 13.2 Å². The van der Waals surface area contributed by atoms with Crippen molar-refractivity contribution >= 4 is 29.2 Å². The van der Waals surface area contributed by atoms with Crippen LogP contribution in [0.1, 0.15) is 5.69 Å². The molecule has 0 amide bonds. The standard InChI is InChI=1S/C11H7Cl2F3N4O/c12-6-2-1-5(3-7(6)13)21-9-4-8(11(14,15)16)18-10(19-9)20-17/h1-4H,17H2,(H,18,19,20). The van der Waals surface area contributed by atoms with E-state index in [4.69, 9.17) is 33.8 Å². The smallest absolute Gasteiger partial charge is 0.433 e. The van der Waals surface area contributed by atoms with Gasteiger partial charge >= 0.3 is 6.18 Å². The minimum Gasteiger partial charge on any atom is -0.439 e. The Morgan fingerprint density at radius 2 is 1.81 bits per heavy atom. The molecule has 1 heterocycles. The summed E-state index contributed by atoms with van der Waals surface area (Å²) >= 11 is 11.5. The van der Waals surface area contributed by atoms with Crippen molar-refractivity contribution in [2.75, 3.05) is 5.43 Å². The van der Waals surface area contributed by atoms with Crippen molar-refractivity contribution < 1.29 is 17.9 Å². The summed E-state index contributed by atoms with van der Waals surface area (Å²) in [7, 11) is 0. The van der Waals surface area contributed by atoms with Crippen LogP contribution in [0.3, 0.4) is 0 Å². The minimum atomic E-state index is -4.66. The third kappa shape index (κ3) is 3.87. The molecule has 5 nitrogen and oxygen atoms in total. The molecule has 21 heavy (non-hydrogen) atoms. The predicted molar refractivity (Wildman–Crippen MR) is 71.4 cm³/mol. The normalized spacial score (nSPS) is 11.3. The number of nitrogens with one attached hydrogen (secondary N) is 1. The third-order valence-corrected chi connectivity index (χ3v) is 2.97. The minimum absolute atomic E-state index is 0.166. The van der Waals surface area contributed by atoms with Gasteiger partial charge < -0.3 is 4.74 Å². The van der Waals surface area contributed by atoms with Crippen molar-refractivity contribution in [2.45, 2.75) is 6.18 Å². The molecule has 0 atom stereocenters. The number of halogens is 5. The number of hydrogen-bond acceptors (Lipinski definition) is 5. The van der Waals surface area contributed by atoms with Crippen LogP contribution in [0.5, 0.6) is 11.6 Å². The van der Waals surface area contributed by atoms with E-state index in [1.807, 2.05) is 5.43 Å². The van der Waals surface area contributed by atoms with E-state index in [2.05, 4.69) is 9.97 Å². The van der Waals surface area contributed by atoms with Crippen LogP contribution in [0, 0.1) is 0 Å². The number of hydrazine groups is 1. The van der Waals surface area contributed by atoms with E-state index in [-0.39, 0.29) is 21.7 Å². The van der Waals surface area contributed by atoms with Gasteiger partial charge in [0.1, 0.15) is 5.75 Å². The second-order valence-corrected chi connectivity index (χ2v) is 4.55. The molecule has 0 saturated heterocycles. The summed E-state index contributed by atoms with van der Waals surface area (Å²) in [6.45, 7) is 0. The van der Waals surface area contributed by atoms with Gasteiger partial charge in [0.2, 0.25) is 11.8 Å². The molecule has 1 aromatic heterocycles. The van der Waals surface area contributed by atoms with Crippen LogP contribution < -0.4 is 16.0 Å². The number of nitrogen functional groups attached to an aromatic ring is 1. The van der Waals surface area contributed by atoms with Crippen molar-refractivity contribution in [2.24, 2.45) is 5.84 Å². The number of alkyl halides is 3. The molecule has 0 spiro atoms. The van der Waals surface area contributed by atoms with Gasteiger partial charge in [-0.25, -0.2) is 10.8 Å². The second kappa shape index (κ2) is 5.92. The van der Waals surface area contributed by atoms with Gasteiger partial charge in [0, 0.05) is 12.1 Å². The number of nitrogens with two attached hydrogens (primary N) is 1. The Morgan fingerprint density at radius 3 is 2.38 bits per heavy atom. The monoisotopic (exact) mass is 338 g/mol. The zero-order valence-corrected chi connectivity index (χ0v) is 11.6. The highest BCUT2D eigenvalue weighted by atomic mass is 35.5. The van der Waals surface area contributed by atoms with Crippen LogP contribution in [0.25, 0.3) is 0 Å². The molecule has 0 aliphatic rings. The summed E-state index contributed by atoms with van der Waals surface area (Å²) in [5.74, 6) is 4.42. The number of ether oxygens (including phenoxy) is 1. The van der Waals surface area contributed by atoms with Crippen molar-refractivity contribution in [3.63, 3.8) is 0 Å². The average molecular weight is 339 g/mol. The van der Waals surface area contributed by atoms with E-state index in [0.717, 1.165) is 0 Å². The lowest BCUT2D eigenvalue weighted by Crippen LogP contribution is -2.15. The first-order valence-electron chi connectivity index (χ1n) is 5.35. The summed E-state index contributed by atoms with van der Waals surface area (Å²) in [5, 5.41) is 0.475. The number of nitrogens with zero attached hydrogens (tertiary/aromatic N) is 2. The lowest BCUT2D eigenvalue weighted by Gasteiger charge is -2.11. The molecule has 3 N–H and O–H groups in total. The van der Waals surface area contributed by atoms with Crippen LogP contribution in [0.4, 0.5) is 19.1 Å². The second-order valence-electron chi connectivity index (χ2n) is 3.74. The van der Waals surface area contributed by atoms with Crippen LogP contribution in [-0.2, 0) is 6.18 Å². The van der Waals surface area contributed by atoms with Crippen LogP contribution in [0.2, 0.25) is 10.0 Å². The summed E-state index contributed by atoms with van der Waals surface area (Å²) < 4.78 is 43.3. The molecule has 2 aromatic rings. The highest BCUT2D eigenvalue weighted by Gasteiger charge is 2.34. The molecular formula is C11H7Cl2F3N4O. The van der Waals surface area contributed by atoms with E-state index < -0.39 is 17.8 Å². The van der Waals surface area contributed by atoms with E-state index in [1.54, 1.807) is 0 Å². The number of hydrogen-bond donors (Lipinski definition) is 2. The molecule has 0 aliphatic heterocycles. The molecule has 0 saturated carbocycles. The van der Waals surface area contributed by atoms with Gasteiger partial charge in [-0.05, 0) is 12.1 Å². The molecule has 0 fully saturated rings. The maximum absolute atomic E-state index is 12.7. The Morgan fingerprint density at radius 1 is 1.10 bits per heavy atom. The first-order chi connectivity index (χ1) is 9.79. The van der Waals surface area contributed by atoms with Gasteiger partial charge in [0.15, 0.2) is 5.69 Å². The van der Waals surface area contributed by atoms with E-state index in [0.29, 0.717) is 6.07 Å². The Balaban J connectivity index is 2.36. The molecule has 10 heteroatoms. The lowest BCUT2D eigenvalue weighted by atomic mass is 10.3. The van der Waals surface area contributed by atoms with Gasteiger partial charge in [-0.1, -0.05) is 23.2 Å². The van der Waals surface area contributed by atoms with Crippen molar-refractivity contribution in [3.8, 4) is 11.6 Å². The maximum Gasteiger partial charge on any atom is 0.433 e. The summed E-state index contributed by atoms with van der Waals surface area (Å²) in [4.78, 5) is 6.86. The van der Waals surface area contributed by atoms with Crippen molar-refractivity contribution in [1.29, 1.82) is 0 Å². The number of anilines is 1. The van der Waals surface area contributed by atoms with Gasteiger partial charge in [-0.3, -0.25) is 5.43 Å². The van der Waals surface area contributed by atoms with Gasteiger partial charge in [-0.2, -0.15) is 18.2 Å². The lowest BCUT2D eigenvalue weighted by molar-refractivity contribution is -0.141. The molecule has 0 unspecified atom stereocenters. The quantitative estimate of drug-likeness (QED) is 0.656. The molecule has 2 rings (SSSR count). The number of rotatable bonds is 3. The molecule has 0 aliphatic carbocycles. The fourth-order valence-electron chi connectivity index (χ4n) is 1.35. The van der Waals surface area contributed by atoms with Crippen LogP contribution in [0.15, 0.2) is 24.3 Å². The van der Waals surface area contributed by atoms with Crippen molar-refractivity contribution in [3.05, 3.63) is 40.0 Å². The Hall–Kier alpha value is -1.77. The van der Waals surface area contributed by atoms with Gasteiger partial charge in [0.25, 0.3) is 0 Å². The molecule has 0 bridgehead atoms. The van der Waals surface area contributed by atoms with Crippen LogP contribution >= 0.6 is 23.2 Å². The molecule has 0 radical (unpaired) electrons. The summed E-state index contributed by atoms with van der Waals surface area (Å²) in [6, 6.07) is 4.85. The first-order valence-corrected chi connectivity index (χ1v) is 6.11. The first kappa shape index (κ1) is 15.6. The largest absolute Gasteiger partial charge is 0.439 e. The fourth-order valence-corrected chi connectivity index (χ4v) is 1.64. The predicted octanol–water partition coefficient (Wildman–Crippen LogP) is 3.88. The van der Waals surface area contributed by atoms with Gasteiger partial charge in [0.05, 0.1) is 10.0 Å². The zero-order chi connectivity index (χ0) is 15.6. The Kier molecular flexibility index (Phi) is 4.40. The Labute approximate surface area is 126 Å². The van der Waals surface area contributed by atoms with Gasteiger partial charge in [-0.15, -0.1) is 0 Å². The zero-order valence-electron chi connectivity index (χ0n) is 10.1. The molecule has 112 valence electrons. The van der Waals surface area contributed by atoms with E-state index in [1.165, 1.54) is 18.2 Å². The maximum atomic E-state index is 12.7. The highest BCUT2D eigenvalue weighted by molar-refractivity contribution is 6.42. The highest BCUT2D eigenvalue weighted by Crippen LogP contribution is 2.33. The van der Waals surface area contributed by atoms with Crippen molar-refractivity contribution in [1.82, 2.24) is 9.97 Å². The fraction of sp³-hybridized carbons (Fsp3) is 0.0909. The molecule has 1 aromatic carbocycles. The average Bonchev–Trinajstić information content (AvgIpc) is 2.41.